The monoisotopic (exact) mass is 302 g/mol. The van der Waals surface area contributed by atoms with E-state index in [0.717, 1.165) is 0 Å². The Bertz CT molecular complexity index is 424. The molecule has 0 aromatic heterocycles. The largest absolute Gasteiger partial charge is 0.444 e. The Morgan fingerprint density at radius 3 is 2.48 bits per heavy atom. The van der Waals surface area contributed by atoms with Gasteiger partial charge in [0.15, 0.2) is 0 Å². The molecule has 1 unspecified atom stereocenters. The van der Waals surface area contributed by atoms with E-state index in [1.165, 1.54) is 9.80 Å². The number of nitrogens with zero attached hydrogens (tertiary/aromatic N) is 2. The number of hydrogen-bond acceptors (Lipinski definition) is 4. The number of alkyl halides is 1. The van der Waals surface area contributed by atoms with Crippen molar-refractivity contribution in [1.29, 1.82) is 0 Å². The lowest BCUT2D eigenvalue weighted by atomic mass is 10.0. The molecule has 2 fully saturated rings. The normalized spacial score (nSPS) is 30.7. The maximum atomic E-state index is 14.3. The molecular weight excluding hydrogens is 279 g/mol. The lowest BCUT2D eigenvalue weighted by molar-refractivity contribution is -0.138. The summed E-state index contributed by atoms with van der Waals surface area (Å²) < 4.78 is 19.5. The minimum absolute atomic E-state index is 0.0839. The van der Waals surface area contributed by atoms with Crippen LogP contribution in [-0.4, -0.2) is 70.5 Å². The second-order valence-electron chi connectivity index (χ2n) is 6.63. The number of hydrogen-bond donors (Lipinski definition) is 1. The van der Waals surface area contributed by atoms with Crippen molar-refractivity contribution in [3.8, 4) is 0 Å². The molecule has 120 valence electrons. The molecule has 0 saturated carbocycles. The lowest BCUT2D eigenvalue weighted by Gasteiger charge is -2.39. The minimum atomic E-state index is -1.32. The van der Waals surface area contributed by atoms with E-state index in [9.17, 15) is 19.1 Å². The van der Waals surface area contributed by atoms with E-state index in [0.29, 0.717) is 25.9 Å². The van der Waals surface area contributed by atoms with Crippen molar-refractivity contribution in [3.63, 3.8) is 0 Å². The number of likely N-dealkylation sites (tertiary alicyclic amines) is 2. The van der Waals surface area contributed by atoms with Gasteiger partial charge < -0.3 is 19.6 Å². The van der Waals surface area contributed by atoms with Crippen molar-refractivity contribution in [1.82, 2.24) is 9.80 Å². The molecule has 21 heavy (non-hydrogen) atoms. The molecule has 2 aliphatic rings. The summed E-state index contributed by atoms with van der Waals surface area (Å²) >= 11 is 0. The Kier molecular flexibility index (Phi) is 4.41. The average molecular weight is 302 g/mol. The zero-order chi connectivity index (χ0) is 15.8. The molecule has 1 N–H and O–H groups in total. The van der Waals surface area contributed by atoms with Crippen molar-refractivity contribution >= 4 is 12.0 Å². The van der Waals surface area contributed by atoms with Gasteiger partial charge in [-0.3, -0.25) is 4.79 Å². The minimum Gasteiger partial charge on any atom is -0.444 e. The zero-order valence-corrected chi connectivity index (χ0v) is 12.7. The van der Waals surface area contributed by atoms with Crippen LogP contribution >= 0.6 is 0 Å². The van der Waals surface area contributed by atoms with Gasteiger partial charge in [0.25, 0.3) is 5.91 Å². The quantitative estimate of drug-likeness (QED) is 0.782. The van der Waals surface area contributed by atoms with E-state index >= 15 is 0 Å². The number of piperidine rings is 1. The summed E-state index contributed by atoms with van der Waals surface area (Å²) in [6.45, 7) is 5.91. The van der Waals surface area contributed by atoms with Crippen LogP contribution in [0.3, 0.4) is 0 Å². The molecule has 6 nitrogen and oxygen atoms in total. The molecule has 0 aromatic carbocycles. The highest BCUT2D eigenvalue weighted by molar-refractivity contribution is 5.83. The summed E-state index contributed by atoms with van der Waals surface area (Å²) in [6.07, 6.45) is -2.16. The molecule has 2 rings (SSSR count). The highest BCUT2D eigenvalue weighted by atomic mass is 19.1. The fourth-order valence-electron chi connectivity index (χ4n) is 2.75. The first-order valence-electron chi connectivity index (χ1n) is 7.29. The molecule has 2 amide bonds. The molecule has 0 spiro atoms. The maximum absolute atomic E-state index is 14.3. The van der Waals surface area contributed by atoms with Crippen LogP contribution in [0, 0.1) is 0 Å². The second-order valence-corrected chi connectivity index (χ2v) is 6.63. The van der Waals surface area contributed by atoms with Gasteiger partial charge in [-0.05, 0) is 33.6 Å². The summed E-state index contributed by atoms with van der Waals surface area (Å²) in [5.41, 5.74) is -0.616. The van der Waals surface area contributed by atoms with E-state index in [2.05, 4.69) is 0 Å². The van der Waals surface area contributed by atoms with E-state index in [1.54, 1.807) is 20.8 Å². The number of amides is 2. The van der Waals surface area contributed by atoms with Crippen LogP contribution in [0.2, 0.25) is 0 Å². The van der Waals surface area contributed by atoms with E-state index in [-0.39, 0.29) is 6.54 Å². The van der Waals surface area contributed by atoms with Gasteiger partial charge in [0, 0.05) is 13.1 Å². The van der Waals surface area contributed by atoms with Crippen LogP contribution in [0.25, 0.3) is 0 Å². The SMILES string of the molecule is CC(C)(C)OC(=O)N1CCC(N2CC[C@@H](O)C2=O)[C@H](F)C1. The van der Waals surface area contributed by atoms with E-state index < -0.39 is 35.9 Å². The highest BCUT2D eigenvalue weighted by Crippen LogP contribution is 2.25. The molecule has 7 heteroatoms. The first-order valence-corrected chi connectivity index (χ1v) is 7.29. The zero-order valence-electron chi connectivity index (χ0n) is 12.7. The van der Waals surface area contributed by atoms with Crippen molar-refractivity contribution in [2.45, 2.75) is 57.5 Å². The van der Waals surface area contributed by atoms with Crippen molar-refractivity contribution in [3.05, 3.63) is 0 Å². The van der Waals surface area contributed by atoms with Crippen LogP contribution in [0.4, 0.5) is 9.18 Å². The number of carbonyl (C=O) groups is 2. The number of ether oxygens (including phenoxy) is 1. The summed E-state index contributed by atoms with van der Waals surface area (Å²) in [5, 5.41) is 9.45. The van der Waals surface area contributed by atoms with Crippen LogP contribution in [0.1, 0.15) is 33.6 Å². The maximum Gasteiger partial charge on any atom is 0.410 e. The number of rotatable bonds is 1. The van der Waals surface area contributed by atoms with Crippen molar-refractivity contribution in [2.24, 2.45) is 0 Å². The number of aliphatic hydroxyl groups excluding tert-OH is 1. The van der Waals surface area contributed by atoms with Gasteiger partial charge in [-0.25, -0.2) is 9.18 Å². The fourth-order valence-corrected chi connectivity index (χ4v) is 2.75. The van der Waals surface area contributed by atoms with Gasteiger partial charge in [0.05, 0.1) is 12.6 Å². The third-order valence-corrected chi connectivity index (χ3v) is 3.77. The van der Waals surface area contributed by atoms with Crippen molar-refractivity contribution < 1.29 is 23.8 Å². The summed E-state index contributed by atoms with van der Waals surface area (Å²) in [6, 6.07) is -0.562. The van der Waals surface area contributed by atoms with Crippen LogP contribution in [0.5, 0.6) is 0 Å². The summed E-state index contributed by atoms with van der Waals surface area (Å²) in [4.78, 5) is 26.4. The van der Waals surface area contributed by atoms with Gasteiger partial charge >= 0.3 is 6.09 Å². The van der Waals surface area contributed by atoms with Crippen molar-refractivity contribution in [2.75, 3.05) is 19.6 Å². The first-order chi connectivity index (χ1) is 9.69. The standard InChI is InChI=1S/C14H23FN2O4/c1-14(2,3)21-13(20)16-6-4-10(9(15)8-16)17-7-5-11(18)12(17)19/h9-11,18H,4-8H2,1-3H3/t9-,10?,11-/m1/s1. The molecule has 3 atom stereocenters. The highest BCUT2D eigenvalue weighted by Gasteiger charge is 2.42. The fraction of sp³-hybridized carbons (Fsp3) is 0.857. The predicted molar refractivity (Wildman–Crippen MR) is 73.4 cm³/mol. The number of carbonyl (C=O) groups excluding carboxylic acids is 2. The molecule has 0 radical (unpaired) electrons. The number of halogens is 1. The second kappa shape index (κ2) is 5.79. The Morgan fingerprint density at radius 2 is 2.00 bits per heavy atom. The molecule has 2 heterocycles. The van der Waals surface area contributed by atoms with Crippen LogP contribution in [0.15, 0.2) is 0 Å². The molecule has 0 aliphatic carbocycles. The Labute approximate surface area is 123 Å². The third kappa shape index (κ3) is 3.64. The lowest BCUT2D eigenvalue weighted by Crippen LogP contribution is -2.55. The number of aliphatic hydroxyl groups is 1. The Hall–Kier alpha value is -1.37. The summed E-state index contributed by atoms with van der Waals surface area (Å²) in [7, 11) is 0. The van der Waals surface area contributed by atoms with Crippen LogP contribution < -0.4 is 0 Å². The molecule has 2 saturated heterocycles. The average Bonchev–Trinajstić information content (AvgIpc) is 2.68. The van der Waals surface area contributed by atoms with Gasteiger partial charge in [0.2, 0.25) is 0 Å². The molecule has 0 bridgehead atoms. The molecule has 2 aliphatic heterocycles. The van der Waals surface area contributed by atoms with Gasteiger partial charge in [0.1, 0.15) is 17.9 Å². The van der Waals surface area contributed by atoms with E-state index in [4.69, 9.17) is 4.74 Å². The molecule has 0 aromatic rings. The topological polar surface area (TPSA) is 70.1 Å². The third-order valence-electron chi connectivity index (χ3n) is 3.77. The van der Waals surface area contributed by atoms with Gasteiger partial charge in [-0.2, -0.15) is 0 Å². The first kappa shape index (κ1) is 16.0. The van der Waals surface area contributed by atoms with Crippen LogP contribution in [-0.2, 0) is 9.53 Å². The van der Waals surface area contributed by atoms with Gasteiger partial charge in [-0.1, -0.05) is 0 Å². The van der Waals surface area contributed by atoms with Gasteiger partial charge in [-0.15, -0.1) is 0 Å². The Balaban J connectivity index is 1.93. The predicted octanol–water partition coefficient (Wildman–Crippen LogP) is 0.927. The summed E-state index contributed by atoms with van der Waals surface area (Å²) in [5.74, 6) is -0.409. The van der Waals surface area contributed by atoms with E-state index in [1.807, 2.05) is 0 Å². The molecular formula is C14H23FN2O4. The Morgan fingerprint density at radius 1 is 1.33 bits per heavy atom. The smallest absolute Gasteiger partial charge is 0.410 e.